The maximum Gasteiger partial charge on any atom is 0.193 e. The van der Waals surface area contributed by atoms with Crippen LogP contribution in [-0.4, -0.2) is 13.9 Å². The number of anilines is 3. The third-order valence-electron chi connectivity index (χ3n) is 11.7. The minimum Gasteiger partial charge on any atom is -0.310 e. The number of rotatable bonds is 7. The minimum atomic E-state index is -2.72. The van der Waals surface area contributed by atoms with Gasteiger partial charge < -0.3 is 4.90 Å². The summed E-state index contributed by atoms with van der Waals surface area (Å²) in [5, 5.41) is 5.30. The van der Waals surface area contributed by atoms with Crippen molar-refractivity contribution in [1.29, 1.82) is 0 Å². The fraction of sp³-hybridized carbons (Fsp3) is 0.0577. The molecule has 0 aliphatic heterocycles. The standard InChI is InChI=1S/C52H39NOSi/c54-52-50-29-28-49(55(46-20-10-3-11-21-46,47-22-12-4-13-23-47)48-24-14-5-15-25-48)35-42(50)33-41-32-38-31-39-34-45(27-26-37(39)30-40(38)36-51(41)52)53(43-16-6-1-7-17-43)44-18-8-2-9-19-44/h1-29,32,34-36H,30-31,33H2. The van der Waals surface area contributed by atoms with E-state index in [1.54, 1.807) is 0 Å². The lowest BCUT2D eigenvalue weighted by Gasteiger charge is -2.35. The summed E-state index contributed by atoms with van der Waals surface area (Å²) in [4.78, 5) is 16.7. The molecule has 55 heavy (non-hydrogen) atoms. The maximum absolute atomic E-state index is 14.4. The number of ketones is 1. The Morgan fingerprint density at radius 2 is 0.782 bits per heavy atom. The first-order chi connectivity index (χ1) is 27.2. The van der Waals surface area contributed by atoms with Gasteiger partial charge in [-0.2, -0.15) is 0 Å². The normalized spacial score (nSPS) is 12.9. The monoisotopic (exact) mass is 721 g/mol. The summed E-state index contributed by atoms with van der Waals surface area (Å²) in [7, 11) is -2.72. The molecule has 0 unspecified atom stereocenters. The molecule has 0 heterocycles. The van der Waals surface area contributed by atoms with Crippen molar-refractivity contribution in [1.82, 2.24) is 0 Å². The zero-order chi connectivity index (χ0) is 36.8. The molecule has 2 aliphatic carbocycles. The van der Waals surface area contributed by atoms with E-state index in [0.29, 0.717) is 0 Å². The van der Waals surface area contributed by atoms with E-state index in [1.807, 2.05) is 0 Å². The van der Waals surface area contributed by atoms with E-state index in [9.17, 15) is 4.79 Å². The summed E-state index contributed by atoms with van der Waals surface area (Å²) in [5.74, 6) is 0.138. The van der Waals surface area contributed by atoms with E-state index >= 15 is 0 Å². The van der Waals surface area contributed by atoms with Gasteiger partial charge >= 0.3 is 0 Å². The summed E-state index contributed by atoms with van der Waals surface area (Å²) in [6.07, 6.45) is 2.41. The van der Waals surface area contributed by atoms with Crippen LogP contribution in [0.2, 0.25) is 0 Å². The Balaban J connectivity index is 1.04. The summed E-state index contributed by atoms with van der Waals surface area (Å²) >= 11 is 0. The highest BCUT2D eigenvalue weighted by molar-refractivity contribution is 7.19. The number of benzene rings is 8. The van der Waals surface area contributed by atoms with Gasteiger partial charge in [0.25, 0.3) is 0 Å². The average Bonchev–Trinajstić information content (AvgIpc) is 3.25. The molecule has 0 saturated heterocycles. The molecule has 3 heteroatoms. The van der Waals surface area contributed by atoms with Gasteiger partial charge in [0.05, 0.1) is 0 Å². The van der Waals surface area contributed by atoms with Gasteiger partial charge in [-0.3, -0.25) is 4.79 Å². The van der Waals surface area contributed by atoms with E-state index in [-0.39, 0.29) is 5.78 Å². The largest absolute Gasteiger partial charge is 0.310 e. The van der Waals surface area contributed by atoms with E-state index in [1.165, 1.54) is 43.0 Å². The molecule has 2 aliphatic rings. The Labute approximate surface area is 324 Å². The topological polar surface area (TPSA) is 20.3 Å². The van der Waals surface area contributed by atoms with Crippen LogP contribution in [0.5, 0.6) is 0 Å². The number of para-hydroxylation sites is 2. The smallest absolute Gasteiger partial charge is 0.193 e. The molecule has 0 amide bonds. The van der Waals surface area contributed by atoms with Gasteiger partial charge in [-0.25, -0.2) is 0 Å². The van der Waals surface area contributed by atoms with Gasteiger partial charge in [-0.05, 0) is 116 Å². The Morgan fingerprint density at radius 1 is 0.327 bits per heavy atom. The number of hydrogen-bond donors (Lipinski definition) is 0. The lowest BCUT2D eigenvalue weighted by atomic mass is 9.78. The second-order valence-corrected chi connectivity index (χ2v) is 18.6. The molecule has 0 bridgehead atoms. The van der Waals surface area contributed by atoms with Crippen molar-refractivity contribution in [3.63, 3.8) is 0 Å². The van der Waals surface area contributed by atoms with Crippen molar-refractivity contribution in [3.8, 4) is 0 Å². The first kappa shape index (κ1) is 33.0. The zero-order valence-corrected chi connectivity index (χ0v) is 31.5. The van der Waals surface area contributed by atoms with Crippen molar-refractivity contribution in [3.05, 3.63) is 245 Å². The van der Waals surface area contributed by atoms with Crippen molar-refractivity contribution in [2.75, 3.05) is 4.90 Å². The van der Waals surface area contributed by atoms with Gasteiger partial charge in [0.2, 0.25) is 0 Å². The lowest BCUT2D eigenvalue weighted by molar-refractivity contribution is 0.103. The summed E-state index contributed by atoms with van der Waals surface area (Å²) in [5.41, 5.74) is 12.6. The highest BCUT2D eigenvalue weighted by atomic mass is 28.3. The van der Waals surface area contributed by atoms with Crippen LogP contribution in [0.4, 0.5) is 17.1 Å². The maximum atomic E-state index is 14.4. The van der Waals surface area contributed by atoms with E-state index in [4.69, 9.17) is 0 Å². The quantitative estimate of drug-likeness (QED) is 0.121. The lowest BCUT2D eigenvalue weighted by Crippen LogP contribution is -2.74. The molecule has 0 fully saturated rings. The molecule has 0 atom stereocenters. The molecular weight excluding hydrogens is 683 g/mol. The molecule has 8 aromatic carbocycles. The molecule has 0 spiro atoms. The Bertz CT molecular complexity index is 2540. The van der Waals surface area contributed by atoms with Crippen LogP contribution in [0.25, 0.3) is 0 Å². The van der Waals surface area contributed by atoms with Crippen molar-refractivity contribution in [2.24, 2.45) is 0 Å². The SMILES string of the molecule is O=C1c2ccc([Si](c3ccccc3)(c3ccccc3)c3ccccc3)cc2Cc2cc3c(cc21)Cc1ccc(N(c2ccccc2)c2ccccc2)cc1C3. The number of carbonyl (C=O) groups is 1. The van der Waals surface area contributed by atoms with Gasteiger partial charge in [0.15, 0.2) is 13.9 Å². The van der Waals surface area contributed by atoms with Crippen molar-refractivity contribution < 1.29 is 4.79 Å². The van der Waals surface area contributed by atoms with E-state index < -0.39 is 8.07 Å². The predicted molar refractivity (Wildman–Crippen MR) is 229 cm³/mol. The molecule has 262 valence electrons. The van der Waals surface area contributed by atoms with Gasteiger partial charge in [-0.1, -0.05) is 158 Å². The molecule has 8 aromatic rings. The van der Waals surface area contributed by atoms with Crippen LogP contribution >= 0.6 is 0 Å². The van der Waals surface area contributed by atoms with E-state index in [0.717, 1.165) is 58.6 Å². The third kappa shape index (κ3) is 5.67. The summed E-state index contributed by atoms with van der Waals surface area (Å²) in [6.45, 7) is 0. The number of hydrogen-bond acceptors (Lipinski definition) is 2. The van der Waals surface area contributed by atoms with E-state index in [2.05, 4.69) is 205 Å². The number of carbonyl (C=O) groups excluding carboxylic acids is 1. The Hall–Kier alpha value is -6.55. The molecule has 0 aromatic heterocycles. The highest BCUT2D eigenvalue weighted by Gasteiger charge is 2.42. The first-order valence-corrected chi connectivity index (χ1v) is 21.2. The molecule has 2 nitrogen and oxygen atoms in total. The number of fused-ring (bicyclic) bond motifs is 4. The molecule has 0 N–H and O–H groups in total. The van der Waals surface area contributed by atoms with Gasteiger partial charge in [0, 0.05) is 28.2 Å². The minimum absolute atomic E-state index is 0.138. The van der Waals surface area contributed by atoms with Crippen LogP contribution in [-0.2, 0) is 19.3 Å². The Morgan fingerprint density at radius 3 is 1.35 bits per heavy atom. The van der Waals surface area contributed by atoms with Gasteiger partial charge in [-0.15, -0.1) is 0 Å². The molecule has 0 saturated carbocycles. The Kier molecular flexibility index (Phi) is 8.23. The average molecular weight is 722 g/mol. The molecular formula is C52H39NOSi. The van der Waals surface area contributed by atoms with Crippen LogP contribution in [0.3, 0.4) is 0 Å². The third-order valence-corrected chi connectivity index (χ3v) is 16.5. The second kappa shape index (κ2) is 13.7. The first-order valence-electron chi connectivity index (χ1n) is 19.2. The molecule has 10 rings (SSSR count). The van der Waals surface area contributed by atoms with Crippen molar-refractivity contribution >= 4 is 51.7 Å². The number of nitrogens with zero attached hydrogens (tertiary/aromatic N) is 1. The van der Waals surface area contributed by atoms with Crippen LogP contribution in [0.15, 0.2) is 200 Å². The zero-order valence-electron chi connectivity index (χ0n) is 30.5. The van der Waals surface area contributed by atoms with Crippen molar-refractivity contribution in [2.45, 2.75) is 19.3 Å². The fourth-order valence-electron chi connectivity index (χ4n) is 9.14. The van der Waals surface area contributed by atoms with Gasteiger partial charge in [0.1, 0.15) is 0 Å². The van der Waals surface area contributed by atoms with Crippen LogP contribution in [0, 0.1) is 0 Å². The van der Waals surface area contributed by atoms with Crippen LogP contribution in [0.1, 0.15) is 49.3 Å². The highest BCUT2D eigenvalue weighted by Crippen LogP contribution is 2.39. The molecule has 0 radical (unpaired) electrons. The fourth-order valence-corrected chi connectivity index (χ4v) is 13.9. The van der Waals surface area contributed by atoms with Crippen LogP contribution < -0.4 is 25.6 Å². The summed E-state index contributed by atoms with van der Waals surface area (Å²) < 4.78 is 0. The predicted octanol–water partition coefficient (Wildman–Crippen LogP) is 9.16. The summed E-state index contributed by atoms with van der Waals surface area (Å²) in [6, 6.07) is 72.4. The second-order valence-electron chi connectivity index (χ2n) is 14.8.